The van der Waals surface area contributed by atoms with Crippen LogP contribution in [0.25, 0.3) is 0 Å². The molecule has 12 heteroatoms. The number of ether oxygens (including phenoxy) is 1. The largest absolute Gasteiger partial charge is 0.476 e. The molecule has 0 fully saturated rings. The summed E-state index contributed by atoms with van der Waals surface area (Å²) in [4.78, 5) is 13.1. The lowest BCUT2D eigenvalue weighted by atomic mass is 10.2. The second-order valence-corrected chi connectivity index (χ2v) is 12.5. The molecule has 9 nitrogen and oxygen atoms in total. The van der Waals surface area contributed by atoms with E-state index in [0.717, 1.165) is 12.1 Å². The van der Waals surface area contributed by atoms with Gasteiger partial charge in [-0.05, 0) is 66.2 Å². The van der Waals surface area contributed by atoms with Crippen LogP contribution in [0.15, 0.2) is 108 Å². The maximum absolute atomic E-state index is 13.4. The zero-order chi connectivity index (χ0) is 28.3. The van der Waals surface area contributed by atoms with Crippen LogP contribution in [0.3, 0.4) is 0 Å². The highest BCUT2D eigenvalue weighted by Gasteiger charge is 2.36. The van der Waals surface area contributed by atoms with Gasteiger partial charge in [-0.2, -0.15) is 0 Å². The second-order valence-electron chi connectivity index (χ2n) is 8.97. The standard InChI is InChI=1S/C28H24FN3O6S2/c29-21-10-12-23(13-11-21)31-40(36,37)24-16-14-22(15-17-24)30-28(33)27-18-32(25-8-4-5-9-26(25)38-27)39(34,35)19-20-6-2-1-3-7-20/h1-17,27,31H,18-19H2,(H,30,33). The smallest absolute Gasteiger partial charge is 0.267 e. The van der Waals surface area contributed by atoms with Crippen molar-refractivity contribution in [3.63, 3.8) is 0 Å². The third kappa shape index (κ3) is 6.08. The van der Waals surface area contributed by atoms with E-state index >= 15 is 0 Å². The molecular formula is C28H24FN3O6S2. The fourth-order valence-corrected chi connectivity index (χ4v) is 6.78. The summed E-state index contributed by atoms with van der Waals surface area (Å²) < 4.78 is 74.6. The Morgan fingerprint density at radius 2 is 1.45 bits per heavy atom. The van der Waals surface area contributed by atoms with E-state index in [4.69, 9.17) is 4.74 Å². The minimum atomic E-state index is -3.96. The Hall–Kier alpha value is -4.42. The predicted molar refractivity (Wildman–Crippen MR) is 150 cm³/mol. The Kier molecular flexibility index (Phi) is 7.46. The van der Waals surface area contributed by atoms with Crippen molar-refractivity contribution in [1.82, 2.24) is 0 Å². The monoisotopic (exact) mass is 581 g/mol. The third-order valence-corrected chi connectivity index (χ3v) is 9.20. The maximum atomic E-state index is 13.4. The van der Waals surface area contributed by atoms with E-state index in [2.05, 4.69) is 10.0 Å². The first-order valence-electron chi connectivity index (χ1n) is 12.1. The number of benzene rings is 4. The van der Waals surface area contributed by atoms with Crippen LogP contribution in [0.2, 0.25) is 0 Å². The Bertz CT molecular complexity index is 1730. The van der Waals surface area contributed by atoms with Gasteiger partial charge in [0.15, 0.2) is 6.10 Å². The van der Waals surface area contributed by atoms with Gasteiger partial charge in [0.1, 0.15) is 11.6 Å². The van der Waals surface area contributed by atoms with Gasteiger partial charge in [0, 0.05) is 11.4 Å². The van der Waals surface area contributed by atoms with Crippen molar-refractivity contribution in [2.75, 3.05) is 20.9 Å². The molecule has 0 saturated heterocycles. The zero-order valence-electron chi connectivity index (χ0n) is 20.9. The van der Waals surface area contributed by atoms with Crippen LogP contribution >= 0.6 is 0 Å². The summed E-state index contributed by atoms with van der Waals surface area (Å²) in [6, 6.07) is 25.6. The number of hydrogen-bond donors (Lipinski definition) is 2. The minimum absolute atomic E-state index is 0.0733. The van der Waals surface area contributed by atoms with Gasteiger partial charge < -0.3 is 10.1 Å². The average Bonchev–Trinajstić information content (AvgIpc) is 2.94. The van der Waals surface area contributed by atoms with Gasteiger partial charge >= 0.3 is 0 Å². The number of anilines is 3. The van der Waals surface area contributed by atoms with Crippen molar-refractivity contribution in [1.29, 1.82) is 0 Å². The van der Waals surface area contributed by atoms with Crippen molar-refractivity contribution < 1.29 is 30.8 Å². The van der Waals surface area contributed by atoms with Gasteiger partial charge in [-0.3, -0.25) is 13.8 Å². The molecule has 1 amide bonds. The Balaban J connectivity index is 1.31. The molecular weight excluding hydrogens is 557 g/mol. The lowest BCUT2D eigenvalue weighted by molar-refractivity contribution is -0.122. The molecule has 0 saturated carbocycles. The molecule has 0 spiro atoms. The van der Waals surface area contributed by atoms with Crippen molar-refractivity contribution in [3.05, 3.63) is 115 Å². The molecule has 1 heterocycles. The minimum Gasteiger partial charge on any atom is -0.476 e. The molecule has 2 N–H and O–H groups in total. The first kappa shape index (κ1) is 27.2. The summed E-state index contributed by atoms with van der Waals surface area (Å²) in [7, 11) is -7.82. The van der Waals surface area contributed by atoms with Gasteiger partial charge in [-0.25, -0.2) is 21.2 Å². The molecule has 1 aliphatic rings. The highest BCUT2D eigenvalue weighted by atomic mass is 32.2. The molecule has 1 atom stereocenters. The molecule has 0 bridgehead atoms. The number of nitrogens with one attached hydrogen (secondary N) is 2. The molecule has 0 aliphatic carbocycles. The van der Waals surface area contributed by atoms with Crippen molar-refractivity contribution in [2.45, 2.75) is 16.8 Å². The lowest BCUT2D eigenvalue weighted by Crippen LogP contribution is -2.49. The van der Waals surface area contributed by atoms with Crippen LogP contribution < -0.4 is 19.1 Å². The van der Waals surface area contributed by atoms with Crippen LogP contribution in [-0.2, 0) is 30.6 Å². The number of sulfonamides is 2. The normalized spacial score (nSPS) is 15.0. The Morgan fingerprint density at radius 1 is 0.825 bits per heavy atom. The number of carbonyl (C=O) groups excluding carboxylic acids is 1. The van der Waals surface area contributed by atoms with Gasteiger partial charge in [-0.15, -0.1) is 0 Å². The summed E-state index contributed by atoms with van der Waals surface area (Å²) in [6.45, 7) is -0.244. The van der Waals surface area contributed by atoms with Gasteiger partial charge in [0.2, 0.25) is 10.0 Å². The van der Waals surface area contributed by atoms with Crippen LogP contribution in [0.1, 0.15) is 5.56 Å². The molecule has 0 aromatic heterocycles. The van der Waals surface area contributed by atoms with Gasteiger partial charge in [0.05, 0.1) is 22.9 Å². The van der Waals surface area contributed by atoms with Crippen molar-refractivity contribution >= 4 is 43.0 Å². The molecule has 4 aromatic rings. The quantitative estimate of drug-likeness (QED) is 0.319. The van der Waals surface area contributed by atoms with Crippen LogP contribution in [0.4, 0.5) is 21.5 Å². The number of amides is 1. The van der Waals surface area contributed by atoms with E-state index in [9.17, 15) is 26.0 Å². The molecule has 5 rings (SSSR count). The number of rotatable bonds is 8. The molecule has 1 unspecified atom stereocenters. The number of hydrogen-bond acceptors (Lipinski definition) is 6. The summed E-state index contributed by atoms with van der Waals surface area (Å²) in [5, 5.41) is 2.66. The van der Waals surface area contributed by atoms with E-state index in [0.29, 0.717) is 11.3 Å². The third-order valence-electron chi connectivity index (χ3n) is 6.08. The SMILES string of the molecule is O=C(Nc1ccc(S(=O)(=O)Nc2ccc(F)cc2)cc1)C1CN(S(=O)(=O)Cc2ccccc2)c2ccccc2O1. The first-order chi connectivity index (χ1) is 19.1. The predicted octanol–water partition coefficient (Wildman–Crippen LogP) is 4.36. The topological polar surface area (TPSA) is 122 Å². The number of halogens is 1. The van der Waals surface area contributed by atoms with Gasteiger partial charge in [-0.1, -0.05) is 42.5 Å². The fourth-order valence-electron chi connectivity index (χ4n) is 4.14. The van der Waals surface area contributed by atoms with E-state index < -0.39 is 37.9 Å². The molecule has 4 aromatic carbocycles. The molecule has 0 radical (unpaired) electrons. The zero-order valence-corrected chi connectivity index (χ0v) is 22.5. The van der Waals surface area contributed by atoms with E-state index in [1.165, 1.54) is 40.7 Å². The summed E-state index contributed by atoms with van der Waals surface area (Å²) in [5.74, 6) is -1.10. The fraction of sp³-hybridized carbons (Fsp3) is 0.107. The van der Waals surface area contributed by atoms with E-state index in [1.54, 1.807) is 54.6 Å². The summed E-state index contributed by atoms with van der Waals surface area (Å²) in [5.41, 5.74) is 1.43. The van der Waals surface area contributed by atoms with E-state index in [-0.39, 0.29) is 34.3 Å². The molecule has 40 heavy (non-hydrogen) atoms. The molecule has 206 valence electrons. The number of nitrogens with zero attached hydrogens (tertiary/aromatic N) is 1. The number of para-hydroxylation sites is 2. The molecule has 1 aliphatic heterocycles. The summed E-state index contributed by atoms with van der Waals surface area (Å²) >= 11 is 0. The van der Waals surface area contributed by atoms with Crippen LogP contribution in [0, 0.1) is 5.82 Å². The summed E-state index contributed by atoms with van der Waals surface area (Å²) in [6.07, 6.45) is -1.16. The maximum Gasteiger partial charge on any atom is 0.267 e. The van der Waals surface area contributed by atoms with Crippen molar-refractivity contribution in [2.24, 2.45) is 0 Å². The Morgan fingerprint density at radius 3 is 2.15 bits per heavy atom. The Labute approximate surface area is 231 Å². The van der Waals surface area contributed by atoms with Crippen LogP contribution in [-0.4, -0.2) is 35.4 Å². The number of fused-ring (bicyclic) bond motifs is 1. The number of carbonyl (C=O) groups is 1. The van der Waals surface area contributed by atoms with Gasteiger partial charge in [0.25, 0.3) is 15.9 Å². The highest BCUT2D eigenvalue weighted by Crippen LogP contribution is 2.36. The second kappa shape index (κ2) is 11.0. The average molecular weight is 582 g/mol. The van der Waals surface area contributed by atoms with Crippen LogP contribution in [0.5, 0.6) is 5.75 Å². The lowest BCUT2D eigenvalue weighted by Gasteiger charge is -2.34. The first-order valence-corrected chi connectivity index (χ1v) is 15.2. The highest BCUT2D eigenvalue weighted by molar-refractivity contribution is 7.92. The van der Waals surface area contributed by atoms with Crippen molar-refractivity contribution in [3.8, 4) is 5.75 Å². The van der Waals surface area contributed by atoms with E-state index in [1.807, 2.05) is 0 Å².